The Morgan fingerprint density at radius 2 is 2.00 bits per heavy atom. The average Bonchev–Trinajstić information content (AvgIpc) is 2.86. The topological polar surface area (TPSA) is 38.3 Å². The van der Waals surface area contributed by atoms with E-state index in [1.165, 1.54) is 9.75 Å². The van der Waals surface area contributed by atoms with Crippen molar-refractivity contribution in [3.63, 3.8) is 0 Å². The summed E-state index contributed by atoms with van der Waals surface area (Å²) >= 11 is 1.89. The van der Waals surface area contributed by atoms with Gasteiger partial charge in [-0.2, -0.15) is 0 Å². The van der Waals surface area contributed by atoms with Gasteiger partial charge in [-0.05, 0) is 44.9 Å². The van der Waals surface area contributed by atoms with Crippen LogP contribution in [0.1, 0.15) is 49.3 Å². The first kappa shape index (κ1) is 16.2. The maximum atomic E-state index is 11.1. The summed E-state index contributed by atoms with van der Waals surface area (Å²) in [6, 6.07) is 4.41. The largest absolute Gasteiger partial charge is 0.466 e. The molecule has 1 N–H and O–H groups in total. The number of ether oxygens (including phenoxy) is 1. The molecule has 0 unspecified atom stereocenters. The molecule has 1 heterocycles. The van der Waals surface area contributed by atoms with Gasteiger partial charge in [-0.3, -0.25) is 4.79 Å². The first-order chi connectivity index (χ1) is 9.26. The zero-order chi connectivity index (χ0) is 13.9. The van der Waals surface area contributed by atoms with Gasteiger partial charge in [0.2, 0.25) is 0 Å². The quantitative estimate of drug-likeness (QED) is 0.527. The summed E-state index contributed by atoms with van der Waals surface area (Å²) in [5, 5.41) is 3.45. The van der Waals surface area contributed by atoms with Crippen LogP contribution in [0.2, 0.25) is 0 Å². The molecule has 0 aromatic carbocycles. The predicted octanol–water partition coefficient (Wildman–Crippen LogP) is 3.52. The summed E-state index contributed by atoms with van der Waals surface area (Å²) in [5.41, 5.74) is 0. The van der Waals surface area contributed by atoms with Crippen molar-refractivity contribution >= 4 is 17.3 Å². The van der Waals surface area contributed by atoms with Crippen LogP contribution in [0.3, 0.4) is 0 Å². The van der Waals surface area contributed by atoms with Crippen LogP contribution in [0.25, 0.3) is 0 Å². The number of carbonyl (C=O) groups is 1. The van der Waals surface area contributed by atoms with Gasteiger partial charge in [0.1, 0.15) is 0 Å². The van der Waals surface area contributed by atoms with E-state index in [1.54, 1.807) is 0 Å². The number of hydrogen-bond acceptors (Lipinski definition) is 4. The first-order valence-corrected chi connectivity index (χ1v) is 8.01. The molecule has 0 atom stereocenters. The molecular formula is C15H25NO2S. The summed E-state index contributed by atoms with van der Waals surface area (Å²) in [4.78, 5) is 14.0. The highest BCUT2D eigenvalue weighted by Crippen LogP contribution is 2.16. The summed E-state index contributed by atoms with van der Waals surface area (Å²) in [5.74, 6) is -0.0684. The second-order valence-electron chi connectivity index (χ2n) is 4.51. The molecule has 0 spiro atoms. The number of thiophene rings is 1. The number of nitrogens with one attached hydrogen (secondary N) is 1. The third-order valence-corrected chi connectivity index (χ3v) is 4.13. The highest BCUT2D eigenvalue weighted by molar-refractivity contribution is 7.11. The Bertz CT molecular complexity index is 363. The number of aryl methyl sites for hydroxylation is 1. The van der Waals surface area contributed by atoms with Crippen LogP contribution >= 0.6 is 11.3 Å². The molecule has 0 saturated heterocycles. The summed E-state index contributed by atoms with van der Waals surface area (Å²) < 4.78 is 4.89. The van der Waals surface area contributed by atoms with Crippen LogP contribution in [0.5, 0.6) is 0 Å². The molecule has 0 aliphatic rings. The maximum absolute atomic E-state index is 11.1. The van der Waals surface area contributed by atoms with Gasteiger partial charge < -0.3 is 10.1 Å². The number of esters is 1. The van der Waals surface area contributed by atoms with Crippen LogP contribution in [0.15, 0.2) is 12.1 Å². The lowest BCUT2D eigenvalue weighted by atomic mass is 10.2. The number of carbonyl (C=O) groups excluding carboxylic acids is 1. The fraction of sp³-hybridized carbons (Fsp3) is 0.667. The van der Waals surface area contributed by atoms with Gasteiger partial charge >= 0.3 is 5.97 Å². The zero-order valence-corrected chi connectivity index (χ0v) is 12.9. The van der Waals surface area contributed by atoms with E-state index in [-0.39, 0.29) is 5.97 Å². The van der Waals surface area contributed by atoms with Gasteiger partial charge in [0.05, 0.1) is 6.61 Å². The van der Waals surface area contributed by atoms with Crippen LogP contribution in [0.4, 0.5) is 0 Å². The fourth-order valence-electron chi connectivity index (χ4n) is 1.85. The molecule has 3 nitrogen and oxygen atoms in total. The number of hydrogen-bond donors (Lipinski definition) is 1. The summed E-state index contributed by atoms with van der Waals surface area (Å²) in [6.45, 7) is 6.49. The molecule has 19 heavy (non-hydrogen) atoms. The minimum Gasteiger partial charge on any atom is -0.466 e. The Hall–Kier alpha value is -0.870. The zero-order valence-electron chi connectivity index (χ0n) is 12.0. The van der Waals surface area contributed by atoms with Gasteiger partial charge in [0.25, 0.3) is 0 Å². The van der Waals surface area contributed by atoms with Crippen molar-refractivity contribution in [1.29, 1.82) is 0 Å². The molecule has 1 aromatic rings. The Balaban J connectivity index is 1.95. The van der Waals surface area contributed by atoms with E-state index in [2.05, 4.69) is 24.4 Å². The number of rotatable bonds is 10. The standard InChI is InChI=1S/C15H25NO2S/c1-3-13-9-10-14(19-13)12-16-11-7-5-6-8-15(17)18-4-2/h9-10,16H,3-8,11-12H2,1-2H3. The van der Waals surface area contributed by atoms with Crippen molar-refractivity contribution in [1.82, 2.24) is 5.32 Å². The van der Waals surface area contributed by atoms with E-state index in [0.29, 0.717) is 13.0 Å². The second kappa shape index (κ2) is 9.98. The van der Waals surface area contributed by atoms with Crippen molar-refractivity contribution in [3.8, 4) is 0 Å². The normalized spacial score (nSPS) is 10.6. The third kappa shape index (κ3) is 7.33. The monoisotopic (exact) mass is 283 g/mol. The molecule has 4 heteroatoms. The van der Waals surface area contributed by atoms with Gasteiger partial charge in [0.15, 0.2) is 0 Å². The predicted molar refractivity (Wildman–Crippen MR) is 80.5 cm³/mol. The van der Waals surface area contributed by atoms with Crippen LogP contribution in [-0.2, 0) is 22.5 Å². The lowest BCUT2D eigenvalue weighted by molar-refractivity contribution is -0.143. The van der Waals surface area contributed by atoms with Gasteiger partial charge in [0, 0.05) is 22.7 Å². The second-order valence-corrected chi connectivity index (χ2v) is 5.77. The molecule has 1 aromatic heterocycles. The van der Waals surface area contributed by atoms with Crippen molar-refractivity contribution < 1.29 is 9.53 Å². The molecule has 0 saturated carbocycles. The molecule has 0 aliphatic carbocycles. The molecule has 0 bridgehead atoms. The Morgan fingerprint density at radius 3 is 2.68 bits per heavy atom. The third-order valence-electron chi connectivity index (χ3n) is 2.90. The van der Waals surface area contributed by atoms with Crippen LogP contribution in [-0.4, -0.2) is 19.1 Å². The molecule has 0 radical (unpaired) electrons. The van der Waals surface area contributed by atoms with E-state index in [0.717, 1.165) is 38.8 Å². The highest BCUT2D eigenvalue weighted by atomic mass is 32.1. The SMILES string of the molecule is CCOC(=O)CCCCCNCc1ccc(CC)s1. The molecule has 0 amide bonds. The van der Waals surface area contributed by atoms with Gasteiger partial charge in [-0.1, -0.05) is 13.3 Å². The van der Waals surface area contributed by atoms with Gasteiger partial charge in [-0.25, -0.2) is 0 Å². The fourth-order valence-corrected chi connectivity index (χ4v) is 2.78. The van der Waals surface area contributed by atoms with E-state index in [4.69, 9.17) is 4.74 Å². The molecule has 0 fully saturated rings. The van der Waals surface area contributed by atoms with E-state index in [9.17, 15) is 4.79 Å². The van der Waals surface area contributed by atoms with E-state index >= 15 is 0 Å². The average molecular weight is 283 g/mol. The Kier molecular flexibility index (Phi) is 8.50. The molecule has 1 rings (SSSR count). The van der Waals surface area contributed by atoms with Crippen molar-refractivity contribution in [2.75, 3.05) is 13.2 Å². The molecule has 108 valence electrons. The van der Waals surface area contributed by atoms with Crippen molar-refractivity contribution in [2.24, 2.45) is 0 Å². The lowest BCUT2D eigenvalue weighted by Crippen LogP contribution is -2.13. The van der Waals surface area contributed by atoms with Crippen LogP contribution < -0.4 is 5.32 Å². The van der Waals surface area contributed by atoms with Crippen molar-refractivity contribution in [2.45, 2.75) is 52.5 Å². The van der Waals surface area contributed by atoms with Crippen molar-refractivity contribution in [3.05, 3.63) is 21.9 Å². The van der Waals surface area contributed by atoms with E-state index < -0.39 is 0 Å². The molecular weight excluding hydrogens is 258 g/mol. The number of unbranched alkanes of at least 4 members (excludes halogenated alkanes) is 2. The smallest absolute Gasteiger partial charge is 0.305 e. The summed E-state index contributed by atoms with van der Waals surface area (Å²) in [7, 11) is 0. The minimum atomic E-state index is -0.0684. The molecule has 0 aliphatic heterocycles. The lowest BCUT2D eigenvalue weighted by Gasteiger charge is -2.03. The Morgan fingerprint density at radius 1 is 1.21 bits per heavy atom. The Labute approximate surface area is 120 Å². The van der Waals surface area contributed by atoms with Gasteiger partial charge in [-0.15, -0.1) is 11.3 Å². The van der Waals surface area contributed by atoms with Crippen LogP contribution in [0, 0.1) is 0 Å². The summed E-state index contributed by atoms with van der Waals surface area (Å²) in [6.07, 6.45) is 4.80. The first-order valence-electron chi connectivity index (χ1n) is 7.20. The highest BCUT2D eigenvalue weighted by Gasteiger charge is 2.01. The maximum Gasteiger partial charge on any atom is 0.305 e. The van der Waals surface area contributed by atoms with E-state index in [1.807, 2.05) is 18.3 Å². The minimum absolute atomic E-state index is 0.0684.